The highest BCUT2D eigenvalue weighted by Gasteiger charge is 2.17. The lowest BCUT2D eigenvalue weighted by Gasteiger charge is -2.07. The number of hydrogen-bond acceptors (Lipinski definition) is 4. The quantitative estimate of drug-likeness (QED) is 0.800. The summed E-state index contributed by atoms with van der Waals surface area (Å²) in [6, 6.07) is 8.97. The number of methoxy groups -OCH3 is 1. The van der Waals surface area contributed by atoms with Gasteiger partial charge in [0.2, 0.25) is 11.8 Å². The summed E-state index contributed by atoms with van der Waals surface area (Å²) >= 11 is 5.92. The molecule has 2 aromatic heterocycles. The maximum absolute atomic E-state index is 11.4. The van der Waals surface area contributed by atoms with Crippen molar-refractivity contribution in [1.82, 2.24) is 14.5 Å². The van der Waals surface area contributed by atoms with E-state index in [0.717, 1.165) is 11.1 Å². The van der Waals surface area contributed by atoms with Crippen molar-refractivity contribution >= 4 is 28.5 Å². The van der Waals surface area contributed by atoms with Gasteiger partial charge in [-0.15, -0.1) is 0 Å². The van der Waals surface area contributed by atoms with E-state index in [1.807, 2.05) is 12.1 Å². The van der Waals surface area contributed by atoms with Crippen molar-refractivity contribution < 1.29 is 9.53 Å². The molecule has 1 amide bonds. The van der Waals surface area contributed by atoms with Gasteiger partial charge in [0.15, 0.2) is 5.52 Å². The van der Waals surface area contributed by atoms with Gasteiger partial charge in [-0.25, -0.2) is 9.97 Å². The van der Waals surface area contributed by atoms with E-state index in [9.17, 15) is 4.79 Å². The van der Waals surface area contributed by atoms with E-state index < -0.39 is 5.91 Å². The monoisotopic (exact) mass is 316 g/mol. The third kappa shape index (κ3) is 2.48. The van der Waals surface area contributed by atoms with Crippen molar-refractivity contribution in [1.29, 1.82) is 0 Å². The Bertz CT molecular complexity index is 843. The summed E-state index contributed by atoms with van der Waals surface area (Å²) < 4.78 is 6.97. The fourth-order valence-electron chi connectivity index (χ4n) is 2.31. The van der Waals surface area contributed by atoms with Crippen LogP contribution in [0.15, 0.2) is 36.5 Å². The van der Waals surface area contributed by atoms with Gasteiger partial charge >= 0.3 is 0 Å². The maximum Gasteiger partial charge on any atom is 0.241 e. The van der Waals surface area contributed by atoms with E-state index in [0.29, 0.717) is 22.2 Å². The minimum atomic E-state index is -0.453. The highest BCUT2D eigenvalue weighted by Crippen LogP contribution is 2.29. The van der Waals surface area contributed by atoms with Gasteiger partial charge in [0, 0.05) is 16.8 Å². The number of aromatic nitrogens is 3. The number of halogens is 1. The highest BCUT2D eigenvalue weighted by molar-refractivity contribution is 6.30. The Morgan fingerprint density at radius 1 is 1.32 bits per heavy atom. The summed E-state index contributed by atoms with van der Waals surface area (Å²) in [5, 5.41) is 0.626. The van der Waals surface area contributed by atoms with E-state index in [1.54, 1.807) is 29.0 Å². The molecule has 3 rings (SSSR count). The second kappa shape index (κ2) is 5.65. The van der Waals surface area contributed by atoms with Gasteiger partial charge in [-0.1, -0.05) is 11.6 Å². The van der Waals surface area contributed by atoms with Crippen molar-refractivity contribution in [2.75, 3.05) is 7.11 Å². The summed E-state index contributed by atoms with van der Waals surface area (Å²) in [6.45, 7) is 0.0155. The second-order valence-electron chi connectivity index (χ2n) is 4.68. The van der Waals surface area contributed by atoms with Gasteiger partial charge in [-0.05, 0) is 30.3 Å². The van der Waals surface area contributed by atoms with Gasteiger partial charge in [0.25, 0.3) is 0 Å². The first-order chi connectivity index (χ1) is 10.6. The van der Waals surface area contributed by atoms with E-state index in [2.05, 4.69) is 9.97 Å². The molecule has 0 unspecified atom stereocenters. The van der Waals surface area contributed by atoms with Crippen LogP contribution in [-0.4, -0.2) is 27.6 Å². The SMILES string of the molecule is COc1nccc2c1nc(-c1ccc(Cl)cc1)n2CC(N)=O. The number of carbonyl (C=O) groups is 1. The zero-order valence-electron chi connectivity index (χ0n) is 11.8. The number of hydrogen-bond donors (Lipinski definition) is 1. The van der Waals surface area contributed by atoms with Crippen LogP contribution >= 0.6 is 11.6 Å². The van der Waals surface area contributed by atoms with Crippen LogP contribution in [0.2, 0.25) is 5.02 Å². The number of nitrogens with zero attached hydrogens (tertiary/aromatic N) is 3. The molecule has 3 aromatic rings. The van der Waals surface area contributed by atoms with Crippen LogP contribution in [0.25, 0.3) is 22.4 Å². The van der Waals surface area contributed by atoms with Gasteiger partial charge in [-0.3, -0.25) is 4.79 Å². The van der Waals surface area contributed by atoms with Gasteiger partial charge in [0.1, 0.15) is 12.4 Å². The van der Waals surface area contributed by atoms with Crippen LogP contribution in [-0.2, 0) is 11.3 Å². The Labute approximate surface area is 131 Å². The molecule has 6 nitrogen and oxygen atoms in total. The Balaban J connectivity index is 2.27. The van der Waals surface area contributed by atoms with Crippen LogP contribution in [0.4, 0.5) is 0 Å². The maximum atomic E-state index is 11.4. The van der Waals surface area contributed by atoms with Crippen molar-refractivity contribution in [2.24, 2.45) is 5.73 Å². The van der Waals surface area contributed by atoms with E-state index in [4.69, 9.17) is 22.1 Å². The Morgan fingerprint density at radius 2 is 2.05 bits per heavy atom. The Hall–Kier alpha value is -2.60. The molecule has 0 aliphatic heterocycles. The summed E-state index contributed by atoms with van der Waals surface area (Å²) in [4.78, 5) is 20.1. The molecule has 0 aliphatic rings. The normalized spacial score (nSPS) is 10.8. The number of rotatable bonds is 4. The van der Waals surface area contributed by atoms with Crippen molar-refractivity contribution in [3.63, 3.8) is 0 Å². The molecular formula is C15H13ClN4O2. The Kier molecular flexibility index (Phi) is 3.68. The van der Waals surface area contributed by atoms with Crippen molar-refractivity contribution in [3.05, 3.63) is 41.6 Å². The number of fused-ring (bicyclic) bond motifs is 1. The number of nitrogens with two attached hydrogens (primary N) is 1. The third-order valence-electron chi connectivity index (χ3n) is 3.24. The lowest BCUT2D eigenvalue weighted by Crippen LogP contribution is -2.19. The average Bonchev–Trinajstić information content (AvgIpc) is 2.86. The largest absolute Gasteiger partial charge is 0.479 e. The molecule has 0 bridgehead atoms. The first kappa shape index (κ1) is 14.3. The number of amides is 1. The number of benzene rings is 1. The lowest BCUT2D eigenvalue weighted by atomic mass is 10.2. The molecule has 0 radical (unpaired) electrons. The first-order valence-electron chi connectivity index (χ1n) is 6.53. The number of ether oxygens (including phenoxy) is 1. The van der Waals surface area contributed by atoms with Crippen LogP contribution in [0.3, 0.4) is 0 Å². The first-order valence-corrected chi connectivity index (χ1v) is 6.91. The molecular weight excluding hydrogens is 304 g/mol. The fraction of sp³-hybridized carbons (Fsp3) is 0.133. The summed E-state index contributed by atoms with van der Waals surface area (Å²) in [7, 11) is 1.52. The second-order valence-corrected chi connectivity index (χ2v) is 5.12. The molecule has 112 valence electrons. The molecule has 0 fully saturated rings. The van der Waals surface area contributed by atoms with Gasteiger partial charge < -0.3 is 15.0 Å². The number of carbonyl (C=O) groups excluding carboxylic acids is 1. The molecule has 0 aliphatic carbocycles. The van der Waals surface area contributed by atoms with Crippen molar-refractivity contribution in [3.8, 4) is 17.3 Å². The van der Waals surface area contributed by atoms with Gasteiger partial charge in [0.05, 0.1) is 12.6 Å². The van der Waals surface area contributed by atoms with E-state index in [-0.39, 0.29) is 6.54 Å². The van der Waals surface area contributed by atoms with Crippen LogP contribution in [0, 0.1) is 0 Å². The van der Waals surface area contributed by atoms with E-state index >= 15 is 0 Å². The minimum absolute atomic E-state index is 0.0155. The topological polar surface area (TPSA) is 83.0 Å². The lowest BCUT2D eigenvalue weighted by molar-refractivity contribution is -0.118. The Morgan fingerprint density at radius 3 is 2.68 bits per heavy atom. The van der Waals surface area contributed by atoms with Crippen molar-refractivity contribution in [2.45, 2.75) is 6.54 Å². The summed E-state index contributed by atoms with van der Waals surface area (Å²) in [6.07, 6.45) is 1.60. The zero-order valence-corrected chi connectivity index (χ0v) is 12.5. The molecule has 0 atom stereocenters. The molecule has 7 heteroatoms. The molecule has 2 N–H and O–H groups in total. The molecule has 2 heterocycles. The zero-order chi connectivity index (χ0) is 15.7. The summed E-state index contributed by atoms with van der Waals surface area (Å²) in [5.41, 5.74) is 7.50. The predicted octanol–water partition coefficient (Wildman–Crippen LogP) is 2.25. The number of imidazole rings is 1. The molecule has 22 heavy (non-hydrogen) atoms. The highest BCUT2D eigenvalue weighted by atomic mass is 35.5. The predicted molar refractivity (Wildman–Crippen MR) is 83.7 cm³/mol. The number of pyridine rings is 1. The smallest absolute Gasteiger partial charge is 0.241 e. The number of primary amides is 1. The third-order valence-corrected chi connectivity index (χ3v) is 3.50. The molecule has 0 spiro atoms. The van der Waals surface area contributed by atoms with Gasteiger partial charge in [-0.2, -0.15) is 0 Å². The van der Waals surface area contributed by atoms with E-state index in [1.165, 1.54) is 7.11 Å². The van der Waals surface area contributed by atoms with Crippen LogP contribution < -0.4 is 10.5 Å². The standard InChI is InChI=1S/C15H13ClN4O2/c1-22-15-13-11(6-7-18-15)20(8-12(17)21)14(19-13)9-2-4-10(16)5-3-9/h2-7H,8H2,1H3,(H2,17,21). The fourth-order valence-corrected chi connectivity index (χ4v) is 2.44. The van der Waals surface area contributed by atoms with Crippen LogP contribution in [0.5, 0.6) is 5.88 Å². The van der Waals surface area contributed by atoms with Crippen LogP contribution in [0.1, 0.15) is 0 Å². The summed E-state index contributed by atoms with van der Waals surface area (Å²) in [5.74, 6) is 0.554. The molecule has 0 saturated carbocycles. The molecule has 1 aromatic carbocycles. The average molecular weight is 317 g/mol. The minimum Gasteiger partial charge on any atom is -0.479 e. The molecule has 0 saturated heterocycles.